The summed E-state index contributed by atoms with van der Waals surface area (Å²) in [6.07, 6.45) is 0.442. The number of urea groups is 1. The number of imide groups is 1. The Labute approximate surface area is 181 Å². The van der Waals surface area contributed by atoms with Crippen LogP contribution in [-0.4, -0.2) is 74.1 Å². The van der Waals surface area contributed by atoms with Gasteiger partial charge in [-0.1, -0.05) is 16.3 Å². The molecule has 3 radical (unpaired) electrons. The molecular formula is C20H23N3O5SSi+. The molecule has 4 rings (SSSR count). The van der Waals surface area contributed by atoms with Gasteiger partial charge in [-0.2, -0.15) is 9.48 Å². The van der Waals surface area contributed by atoms with Crippen molar-refractivity contribution in [3.63, 3.8) is 0 Å². The fourth-order valence-electron chi connectivity index (χ4n) is 3.45. The van der Waals surface area contributed by atoms with E-state index in [1.54, 1.807) is 20.8 Å². The minimum absolute atomic E-state index is 0.160. The van der Waals surface area contributed by atoms with Crippen molar-refractivity contribution in [2.24, 2.45) is 0 Å². The number of hydrogen-bond acceptors (Lipinski definition) is 7. The van der Waals surface area contributed by atoms with Crippen LogP contribution in [0.25, 0.3) is 10.2 Å². The minimum atomic E-state index is -1.01. The SMILES string of the molecule is C=[N+](C(=O)N(C(=O)OC(C)(C)C)[C@@]1([Si])CCOC1)c1nc2c3c(ccc2s1)OCC3. The van der Waals surface area contributed by atoms with E-state index in [1.807, 2.05) is 12.1 Å². The van der Waals surface area contributed by atoms with Crippen LogP contribution in [0.5, 0.6) is 5.75 Å². The maximum Gasteiger partial charge on any atom is 0.479 e. The van der Waals surface area contributed by atoms with E-state index in [1.165, 1.54) is 11.3 Å². The molecule has 1 atom stereocenters. The Morgan fingerprint density at radius 1 is 1.37 bits per heavy atom. The number of fused-ring (bicyclic) bond motifs is 3. The Morgan fingerprint density at radius 2 is 2.13 bits per heavy atom. The molecule has 3 amide bonds. The summed E-state index contributed by atoms with van der Waals surface area (Å²) in [5.74, 6) is 0.818. The van der Waals surface area contributed by atoms with Gasteiger partial charge in [-0.3, -0.25) is 0 Å². The van der Waals surface area contributed by atoms with E-state index in [0.717, 1.165) is 37.4 Å². The number of carbonyl (C=O) groups is 2. The molecule has 30 heavy (non-hydrogen) atoms. The highest BCUT2D eigenvalue weighted by Crippen LogP contribution is 2.37. The molecule has 0 N–H and O–H groups in total. The number of thiazole rings is 1. The van der Waals surface area contributed by atoms with Gasteiger partial charge < -0.3 is 14.2 Å². The maximum absolute atomic E-state index is 13.4. The molecule has 0 aliphatic carbocycles. The number of carbonyl (C=O) groups excluding carboxylic acids is 2. The number of amides is 3. The summed E-state index contributed by atoms with van der Waals surface area (Å²) in [6, 6.07) is 3.19. The van der Waals surface area contributed by atoms with Crippen molar-refractivity contribution >= 4 is 55.8 Å². The minimum Gasteiger partial charge on any atom is -0.493 e. The highest BCUT2D eigenvalue weighted by molar-refractivity contribution is 7.21. The monoisotopic (exact) mass is 445 g/mol. The van der Waals surface area contributed by atoms with Gasteiger partial charge in [0.05, 0.1) is 34.8 Å². The van der Waals surface area contributed by atoms with Gasteiger partial charge in [0.15, 0.2) is 5.52 Å². The highest BCUT2D eigenvalue weighted by Gasteiger charge is 2.50. The second-order valence-corrected chi connectivity index (χ2v) is 10.3. The van der Waals surface area contributed by atoms with Gasteiger partial charge in [-0.25, -0.2) is 9.59 Å². The molecule has 0 spiro atoms. The van der Waals surface area contributed by atoms with Crippen molar-refractivity contribution < 1.29 is 28.4 Å². The first-order valence-electron chi connectivity index (χ1n) is 9.65. The Morgan fingerprint density at radius 3 is 2.80 bits per heavy atom. The zero-order valence-corrected chi connectivity index (χ0v) is 19.0. The van der Waals surface area contributed by atoms with Crippen molar-refractivity contribution in [1.29, 1.82) is 0 Å². The Kier molecular flexibility index (Phi) is 5.19. The number of benzene rings is 1. The fraction of sp³-hybridized carbons (Fsp3) is 0.500. The molecule has 2 aliphatic heterocycles. The van der Waals surface area contributed by atoms with E-state index in [9.17, 15) is 9.59 Å². The van der Waals surface area contributed by atoms with E-state index in [4.69, 9.17) is 14.2 Å². The van der Waals surface area contributed by atoms with Crippen LogP contribution in [0.15, 0.2) is 12.1 Å². The molecule has 2 aromatic rings. The van der Waals surface area contributed by atoms with Gasteiger partial charge in [-0.15, -0.1) is 0 Å². The van der Waals surface area contributed by atoms with E-state index in [0.29, 0.717) is 24.8 Å². The van der Waals surface area contributed by atoms with E-state index in [-0.39, 0.29) is 6.61 Å². The fourth-order valence-corrected chi connectivity index (χ4v) is 4.76. The number of rotatable bonds is 2. The zero-order valence-electron chi connectivity index (χ0n) is 17.2. The average molecular weight is 446 g/mol. The van der Waals surface area contributed by atoms with Crippen molar-refractivity contribution in [2.75, 3.05) is 19.8 Å². The quantitative estimate of drug-likeness (QED) is 0.401. The normalized spacial score (nSPS) is 20.7. The molecule has 0 unspecified atom stereocenters. The molecule has 1 fully saturated rings. The lowest BCUT2D eigenvalue weighted by molar-refractivity contribution is -0.334. The Bertz CT molecular complexity index is 1040. The van der Waals surface area contributed by atoms with Gasteiger partial charge in [0.2, 0.25) is 0 Å². The first-order chi connectivity index (χ1) is 14.1. The molecule has 3 heterocycles. The first-order valence-corrected chi connectivity index (χ1v) is 11.0. The molecule has 2 aliphatic rings. The molecule has 0 bridgehead atoms. The third-order valence-electron chi connectivity index (χ3n) is 4.88. The molecule has 1 saturated heterocycles. The summed E-state index contributed by atoms with van der Waals surface area (Å²) in [4.78, 5) is 32.0. The predicted molar refractivity (Wildman–Crippen MR) is 113 cm³/mol. The van der Waals surface area contributed by atoms with Crippen LogP contribution < -0.4 is 4.74 Å². The van der Waals surface area contributed by atoms with Crippen molar-refractivity contribution in [2.45, 2.75) is 44.4 Å². The summed E-state index contributed by atoms with van der Waals surface area (Å²) in [5.41, 5.74) is 1.06. The number of nitrogens with zero attached hydrogens (tertiary/aromatic N) is 3. The predicted octanol–water partition coefficient (Wildman–Crippen LogP) is 3.22. The van der Waals surface area contributed by atoms with Gasteiger partial charge in [0, 0.05) is 25.1 Å². The Hall–Kier alpha value is -2.30. The molecule has 1 aromatic carbocycles. The summed E-state index contributed by atoms with van der Waals surface area (Å²) >= 11 is 1.33. The summed E-state index contributed by atoms with van der Waals surface area (Å²) in [7, 11) is 3.59. The zero-order chi connectivity index (χ0) is 21.7. The van der Waals surface area contributed by atoms with Crippen LogP contribution in [-0.2, 0) is 15.9 Å². The van der Waals surface area contributed by atoms with Gasteiger partial charge in [0.1, 0.15) is 16.5 Å². The largest absolute Gasteiger partial charge is 0.493 e. The van der Waals surface area contributed by atoms with E-state index < -0.39 is 22.9 Å². The van der Waals surface area contributed by atoms with Crippen LogP contribution in [0.2, 0.25) is 0 Å². The molecule has 1 aromatic heterocycles. The standard InChI is InChI=1S/C20H23N3O5SSi/c1-19(2,3)28-18(25)23(20(30)8-10-26-11-20)17(24)22(4)16-21-15-12-7-9-27-13(12)5-6-14(15)29-16/h5-6H,4,7-11H2,1-3H3/q+1/t20-/m1/s1. The molecule has 157 valence electrons. The van der Waals surface area contributed by atoms with Crippen LogP contribution in [0, 0.1) is 0 Å². The lowest BCUT2D eigenvalue weighted by Crippen LogP contribution is -2.58. The molecule has 10 heteroatoms. The topological polar surface area (TPSA) is 81.0 Å². The lowest BCUT2D eigenvalue weighted by Gasteiger charge is -2.32. The molecular weight excluding hydrogens is 422 g/mol. The number of aromatic nitrogens is 1. The molecule has 0 saturated carbocycles. The van der Waals surface area contributed by atoms with Gasteiger partial charge in [0.25, 0.3) is 0 Å². The lowest BCUT2D eigenvalue weighted by atomic mass is 10.1. The molecule has 8 nitrogen and oxygen atoms in total. The highest BCUT2D eigenvalue weighted by atomic mass is 32.1. The summed E-state index contributed by atoms with van der Waals surface area (Å²) < 4.78 is 18.6. The number of hydrogen-bond donors (Lipinski definition) is 0. The van der Waals surface area contributed by atoms with Crippen molar-refractivity contribution in [3.8, 4) is 5.75 Å². The Balaban J connectivity index is 1.68. The first kappa shape index (κ1) is 20.9. The smallest absolute Gasteiger partial charge is 0.479 e. The van der Waals surface area contributed by atoms with Gasteiger partial charge in [-0.05, 0) is 32.9 Å². The average Bonchev–Trinajstić information content (AvgIpc) is 3.37. The van der Waals surface area contributed by atoms with E-state index >= 15 is 0 Å². The second-order valence-electron chi connectivity index (χ2n) is 8.34. The summed E-state index contributed by atoms with van der Waals surface area (Å²) in [6.45, 7) is 10.3. The van der Waals surface area contributed by atoms with E-state index in [2.05, 4.69) is 21.9 Å². The van der Waals surface area contributed by atoms with Crippen LogP contribution >= 0.6 is 11.3 Å². The van der Waals surface area contributed by atoms with Crippen LogP contribution in [0.3, 0.4) is 0 Å². The maximum atomic E-state index is 13.4. The van der Waals surface area contributed by atoms with Crippen molar-refractivity contribution in [3.05, 3.63) is 17.7 Å². The van der Waals surface area contributed by atoms with Crippen LogP contribution in [0.4, 0.5) is 14.7 Å². The third-order valence-corrected chi connectivity index (χ3v) is 6.54. The van der Waals surface area contributed by atoms with Crippen molar-refractivity contribution in [1.82, 2.24) is 9.88 Å². The van der Waals surface area contributed by atoms with Crippen LogP contribution in [0.1, 0.15) is 32.8 Å². The third kappa shape index (κ3) is 3.74. The second kappa shape index (κ2) is 7.43. The summed E-state index contributed by atoms with van der Waals surface area (Å²) in [5, 5.41) is -0.626. The van der Waals surface area contributed by atoms with Gasteiger partial charge >= 0.3 is 17.3 Å². The number of ether oxygens (including phenoxy) is 3.